The third kappa shape index (κ3) is 2.27. The number of aromatic nitrogens is 1. The maximum Gasteiger partial charge on any atom is 0.145 e. The van der Waals surface area contributed by atoms with Crippen LogP contribution in [0.25, 0.3) is 0 Å². The molecule has 0 bridgehead atoms. The van der Waals surface area contributed by atoms with Gasteiger partial charge in [-0.2, -0.15) is 0 Å². The van der Waals surface area contributed by atoms with Gasteiger partial charge in [-0.05, 0) is 18.1 Å². The number of nitrogens with one attached hydrogen (secondary N) is 1. The molecule has 2 aromatic rings. The molecule has 0 saturated heterocycles. The summed E-state index contributed by atoms with van der Waals surface area (Å²) in [7, 11) is 0. The minimum atomic E-state index is 0.418. The lowest BCUT2D eigenvalue weighted by molar-refractivity contribution is 1.03. The van der Waals surface area contributed by atoms with Gasteiger partial charge in [-0.25, -0.2) is 4.98 Å². The predicted molar refractivity (Wildman–Crippen MR) is 74.9 cm³/mol. The van der Waals surface area contributed by atoms with Crippen molar-refractivity contribution in [2.24, 2.45) is 0 Å². The van der Waals surface area contributed by atoms with Crippen LogP contribution in [0.15, 0.2) is 42.6 Å². The molecule has 1 aliphatic rings. The Morgan fingerprint density at radius 1 is 1.28 bits per heavy atom. The topological polar surface area (TPSA) is 50.9 Å². The van der Waals surface area contributed by atoms with Crippen LogP contribution >= 0.6 is 11.6 Å². The van der Waals surface area contributed by atoms with Gasteiger partial charge < -0.3 is 11.1 Å². The van der Waals surface area contributed by atoms with E-state index in [2.05, 4.69) is 34.6 Å². The molecular formula is C14H14ClN3. The number of hydrogen-bond donors (Lipinski definition) is 2. The molecule has 1 aliphatic carbocycles. The van der Waals surface area contributed by atoms with Gasteiger partial charge in [0.1, 0.15) is 5.82 Å². The van der Waals surface area contributed by atoms with E-state index in [1.54, 1.807) is 12.3 Å². The van der Waals surface area contributed by atoms with Crippen LogP contribution in [0.4, 0.5) is 11.5 Å². The largest absolute Gasteiger partial charge is 0.397 e. The van der Waals surface area contributed by atoms with E-state index >= 15 is 0 Å². The van der Waals surface area contributed by atoms with Crippen molar-refractivity contribution in [1.29, 1.82) is 0 Å². The zero-order valence-electron chi connectivity index (χ0n) is 9.81. The molecule has 92 valence electrons. The van der Waals surface area contributed by atoms with Crippen LogP contribution in [0.5, 0.6) is 0 Å². The molecule has 0 radical (unpaired) electrons. The van der Waals surface area contributed by atoms with Crippen LogP contribution in [0.3, 0.4) is 0 Å². The Morgan fingerprint density at radius 2 is 2.06 bits per heavy atom. The zero-order valence-corrected chi connectivity index (χ0v) is 10.6. The lowest BCUT2D eigenvalue weighted by atomic mass is 10.1. The summed E-state index contributed by atoms with van der Waals surface area (Å²) < 4.78 is 0. The molecule has 3 nitrogen and oxygen atoms in total. The first-order valence-electron chi connectivity index (χ1n) is 5.96. The number of nitrogens with zero attached hydrogens (tertiary/aromatic N) is 1. The first-order chi connectivity index (χ1) is 8.74. The molecule has 1 fully saturated rings. The fraction of sp³-hybridized carbons (Fsp3) is 0.214. The van der Waals surface area contributed by atoms with Gasteiger partial charge in [0.25, 0.3) is 0 Å². The van der Waals surface area contributed by atoms with E-state index in [0.717, 1.165) is 6.42 Å². The van der Waals surface area contributed by atoms with E-state index < -0.39 is 0 Å². The van der Waals surface area contributed by atoms with Crippen molar-refractivity contribution in [3.05, 3.63) is 53.2 Å². The number of halogens is 1. The number of nitrogen functional groups attached to an aromatic ring is 1. The second kappa shape index (κ2) is 4.50. The van der Waals surface area contributed by atoms with Gasteiger partial charge >= 0.3 is 0 Å². The summed E-state index contributed by atoms with van der Waals surface area (Å²) in [6.07, 6.45) is 2.74. The fourth-order valence-electron chi connectivity index (χ4n) is 2.16. The van der Waals surface area contributed by atoms with Crippen LogP contribution < -0.4 is 11.1 Å². The van der Waals surface area contributed by atoms with Crippen molar-refractivity contribution in [2.75, 3.05) is 11.1 Å². The highest BCUT2D eigenvalue weighted by Crippen LogP contribution is 2.43. The Balaban J connectivity index is 1.69. The molecule has 3 N–H and O–H groups in total. The third-order valence-electron chi connectivity index (χ3n) is 3.20. The quantitative estimate of drug-likeness (QED) is 0.889. The third-order valence-corrected chi connectivity index (χ3v) is 3.49. The monoisotopic (exact) mass is 259 g/mol. The summed E-state index contributed by atoms with van der Waals surface area (Å²) in [6.45, 7) is 0. The van der Waals surface area contributed by atoms with Crippen molar-refractivity contribution in [2.45, 2.75) is 18.4 Å². The average Bonchev–Trinajstić information content (AvgIpc) is 3.13. The van der Waals surface area contributed by atoms with Gasteiger partial charge in [0, 0.05) is 12.0 Å². The smallest absolute Gasteiger partial charge is 0.145 e. The second-order valence-electron chi connectivity index (χ2n) is 4.60. The molecule has 2 unspecified atom stereocenters. The Bertz CT molecular complexity index is 556. The molecule has 3 rings (SSSR count). The molecule has 0 aliphatic heterocycles. The number of hydrogen-bond acceptors (Lipinski definition) is 3. The molecule has 2 atom stereocenters. The summed E-state index contributed by atoms with van der Waals surface area (Å²) in [4.78, 5) is 4.22. The summed E-state index contributed by atoms with van der Waals surface area (Å²) >= 11 is 6.09. The van der Waals surface area contributed by atoms with E-state index in [1.807, 2.05) is 6.07 Å². The fourth-order valence-corrected chi connectivity index (χ4v) is 2.39. The van der Waals surface area contributed by atoms with Gasteiger partial charge in [-0.15, -0.1) is 0 Å². The van der Waals surface area contributed by atoms with Crippen molar-refractivity contribution < 1.29 is 0 Å². The zero-order chi connectivity index (χ0) is 12.5. The van der Waals surface area contributed by atoms with Gasteiger partial charge in [-0.1, -0.05) is 41.9 Å². The number of benzene rings is 1. The molecular weight excluding hydrogens is 246 g/mol. The molecule has 1 aromatic heterocycles. The van der Waals surface area contributed by atoms with Crippen LogP contribution in [0.2, 0.25) is 5.02 Å². The SMILES string of the molecule is Nc1cnc(NC2CC2c2ccccc2)c(Cl)c1. The highest BCUT2D eigenvalue weighted by Gasteiger charge is 2.38. The number of anilines is 2. The summed E-state index contributed by atoms with van der Waals surface area (Å²) in [5, 5.41) is 3.94. The summed E-state index contributed by atoms with van der Waals surface area (Å²) in [5.74, 6) is 1.27. The van der Waals surface area contributed by atoms with Crippen molar-refractivity contribution in [1.82, 2.24) is 4.98 Å². The van der Waals surface area contributed by atoms with E-state index in [0.29, 0.717) is 28.5 Å². The minimum Gasteiger partial charge on any atom is -0.397 e. The van der Waals surface area contributed by atoms with Crippen LogP contribution in [-0.4, -0.2) is 11.0 Å². The van der Waals surface area contributed by atoms with E-state index in [4.69, 9.17) is 17.3 Å². The number of nitrogens with two attached hydrogens (primary N) is 1. The van der Waals surface area contributed by atoms with Crippen LogP contribution in [0.1, 0.15) is 17.9 Å². The molecule has 0 amide bonds. The number of rotatable bonds is 3. The second-order valence-corrected chi connectivity index (χ2v) is 5.01. The van der Waals surface area contributed by atoms with E-state index in [-0.39, 0.29) is 0 Å². The maximum atomic E-state index is 6.09. The van der Waals surface area contributed by atoms with Crippen LogP contribution in [0, 0.1) is 0 Å². The molecule has 1 aromatic carbocycles. The average molecular weight is 260 g/mol. The van der Waals surface area contributed by atoms with Crippen molar-refractivity contribution >= 4 is 23.1 Å². The molecule has 18 heavy (non-hydrogen) atoms. The first-order valence-corrected chi connectivity index (χ1v) is 6.34. The van der Waals surface area contributed by atoms with E-state index in [9.17, 15) is 0 Å². The Kier molecular flexibility index (Phi) is 2.84. The lowest BCUT2D eigenvalue weighted by Gasteiger charge is -2.07. The summed E-state index contributed by atoms with van der Waals surface area (Å²) in [6, 6.07) is 12.6. The Labute approximate surface area is 111 Å². The highest BCUT2D eigenvalue weighted by atomic mass is 35.5. The van der Waals surface area contributed by atoms with Gasteiger partial charge in [-0.3, -0.25) is 0 Å². The Morgan fingerprint density at radius 3 is 2.78 bits per heavy atom. The molecule has 1 saturated carbocycles. The lowest BCUT2D eigenvalue weighted by Crippen LogP contribution is -2.06. The van der Waals surface area contributed by atoms with Crippen molar-refractivity contribution in [3.8, 4) is 0 Å². The van der Waals surface area contributed by atoms with Gasteiger partial charge in [0.2, 0.25) is 0 Å². The van der Waals surface area contributed by atoms with E-state index in [1.165, 1.54) is 5.56 Å². The maximum absolute atomic E-state index is 6.09. The van der Waals surface area contributed by atoms with Gasteiger partial charge in [0.15, 0.2) is 0 Å². The van der Waals surface area contributed by atoms with Crippen molar-refractivity contribution in [3.63, 3.8) is 0 Å². The number of pyridine rings is 1. The predicted octanol–water partition coefficient (Wildman–Crippen LogP) is 3.29. The molecule has 1 heterocycles. The first kappa shape index (κ1) is 11.4. The van der Waals surface area contributed by atoms with Crippen LogP contribution in [-0.2, 0) is 0 Å². The molecule has 0 spiro atoms. The highest BCUT2D eigenvalue weighted by molar-refractivity contribution is 6.33. The minimum absolute atomic E-state index is 0.418. The Hall–Kier alpha value is -1.74. The summed E-state index contributed by atoms with van der Waals surface area (Å²) in [5.41, 5.74) is 7.56. The standard InChI is InChI=1S/C14H14ClN3/c15-12-6-10(16)8-17-14(12)18-13-7-11(13)9-4-2-1-3-5-9/h1-6,8,11,13H,7,16H2,(H,17,18). The molecule has 4 heteroatoms. The normalized spacial score (nSPS) is 21.6. The van der Waals surface area contributed by atoms with Gasteiger partial charge in [0.05, 0.1) is 16.9 Å².